The molecule has 25 heavy (non-hydrogen) atoms. The zero-order chi connectivity index (χ0) is 18.0. The number of halogens is 2. The zero-order valence-corrected chi connectivity index (χ0v) is 15.8. The molecular formula is C20H21Cl2NO2. The maximum Gasteiger partial charge on any atom is 0.249 e. The minimum Gasteiger partial charge on any atom is -0.361 e. The fraction of sp³-hybridized carbons (Fsp3) is 0.350. The second-order valence-corrected chi connectivity index (χ2v) is 7.60. The first-order valence-corrected chi connectivity index (χ1v) is 9.13. The minimum atomic E-state index is -0.267. The highest BCUT2D eigenvalue weighted by Crippen LogP contribution is 2.41. The third-order valence-corrected chi connectivity index (χ3v) is 4.77. The Balaban J connectivity index is 2.05. The molecule has 3 rings (SSSR count). The summed E-state index contributed by atoms with van der Waals surface area (Å²) in [5, 5.41) is 1.32. The van der Waals surface area contributed by atoms with Gasteiger partial charge in [-0.05, 0) is 41.3 Å². The minimum absolute atomic E-state index is 0.00641. The topological polar surface area (TPSA) is 29.5 Å². The van der Waals surface area contributed by atoms with Crippen LogP contribution in [0.15, 0.2) is 48.5 Å². The average molecular weight is 378 g/mol. The average Bonchev–Trinajstić information content (AvgIpc) is 2.57. The lowest BCUT2D eigenvalue weighted by molar-refractivity contribution is -0.159. The van der Waals surface area contributed by atoms with Gasteiger partial charge >= 0.3 is 0 Å². The van der Waals surface area contributed by atoms with Crippen LogP contribution in [0.2, 0.25) is 10.0 Å². The standard InChI is InChI=1S/C20H21Cl2NO2/c1-13(2)11-23-18(24)12-25-20(15-4-3-5-17(22)10-15)19(23)14-6-8-16(21)9-7-14/h3-10,13,19-20H,11-12H2,1-2H3/t19-,20+/m1/s1. The van der Waals surface area contributed by atoms with Gasteiger partial charge in [0.1, 0.15) is 12.7 Å². The largest absolute Gasteiger partial charge is 0.361 e. The van der Waals surface area contributed by atoms with Gasteiger partial charge in [0, 0.05) is 16.6 Å². The lowest BCUT2D eigenvalue weighted by Crippen LogP contribution is -2.47. The van der Waals surface area contributed by atoms with E-state index in [-0.39, 0.29) is 24.7 Å². The molecule has 132 valence electrons. The van der Waals surface area contributed by atoms with E-state index in [0.29, 0.717) is 22.5 Å². The summed E-state index contributed by atoms with van der Waals surface area (Å²) in [6.45, 7) is 4.96. The predicted molar refractivity (Wildman–Crippen MR) is 101 cm³/mol. The van der Waals surface area contributed by atoms with Crippen LogP contribution in [0.5, 0.6) is 0 Å². The van der Waals surface area contributed by atoms with E-state index in [2.05, 4.69) is 13.8 Å². The molecule has 0 N–H and O–H groups in total. The fourth-order valence-electron chi connectivity index (χ4n) is 3.24. The van der Waals surface area contributed by atoms with Crippen LogP contribution >= 0.6 is 23.2 Å². The first kappa shape index (κ1) is 18.2. The van der Waals surface area contributed by atoms with Gasteiger partial charge in [-0.1, -0.05) is 61.3 Å². The van der Waals surface area contributed by atoms with Crippen molar-refractivity contribution in [3.63, 3.8) is 0 Å². The van der Waals surface area contributed by atoms with E-state index in [4.69, 9.17) is 27.9 Å². The molecule has 1 aliphatic heterocycles. The van der Waals surface area contributed by atoms with Gasteiger partial charge in [0.25, 0.3) is 0 Å². The summed E-state index contributed by atoms with van der Waals surface area (Å²) >= 11 is 12.2. The Labute approximate surface area is 158 Å². The second kappa shape index (κ2) is 7.77. The molecule has 0 saturated carbocycles. The molecule has 0 bridgehead atoms. The normalized spacial score (nSPS) is 21.0. The van der Waals surface area contributed by atoms with E-state index in [1.54, 1.807) is 0 Å². The van der Waals surface area contributed by atoms with E-state index in [1.165, 1.54) is 0 Å². The number of nitrogens with zero attached hydrogens (tertiary/aromatic N) is 1. The van der Waals surface area contributed by atoms with Crippen molar-refractivity contribution < 1.29 is 9.53 Å². The van der Waals surface area contributed by atoms with Crippen LogP contribution in [0, 0.1) is 5.92 Å². The number of amides is 1. The summed E-state index contributed by atoms with van der Waals surface area (Å²) in [6, 6.07) is 15.0. The number of rotatable bonds is 4. The molecule has 1 fully saturated rings. The van der Waals surface area contributed by atoms with Gasteiger partial charge in [-0.25, -0.2) is 0 Å². The molecule has 2 aromatic rings. The molecule has 2 atom stereocenters. The highest BCUT2D eigenvalue weighted by atomic mass is 35.5. The number of hydrogen-bond donors (Lipinski definition) is 0. The van der Waals surface area contributed by atoms with Crippen molar-refractivity contribution in [1.29, 1.82) is 0 Å². The Morgan fingerprint density at radius 3 is 2.44 bits per heavy atom. The molecule has 0 radical (unpaired) electrons. The van der Waals surface area contributed by atoms with Crippen LogP contribution in [0.3, 0.4) is 0 Å². The predicted octanol–water partition coefficient (Wildman–Crippen LogP) is 5.29. The Morgan fingerprint density at radius 2 is 1.80 bits per heavy atom. The monoisotopic (exact) mass is 377 g/mol. The van der Waals surface area contributed by atoms with E-state index >= 15 is 0 Å². The molecule has 0 spiro atoms. The summed E-state index contributed by atoms with van der Waals surface area (Å²) in [4.78, 5) is 14.5. The van der Waals surface area contributed by atoms with Gasteiger partial charge in [0.05, 0.1) is 6.04 Å². The second-order valence-electron chi connectivity index (χ2n) is 6.72. The van der Waals surface area contributed by atoms with E-state index < -0.39 is 0 Å². The molecule has 1 aliphatic rings. The Hall–Kier alpha value is -1.55. The van der Waals surface area contributed by atoms with Gasteiger partial charge in [0.15, 0.2) is 0 Å². The smallest absolute Gasteiger partial charge is 0.249 e. The van der Waals surface area contributed by atoms with Crippen molar-refractivity contribution in [2.45, 2.75) is 26.0 Å². The SMILES string of the molecule is CC(C)CN1C(=O)CO[C@@H](c2cccc(Cl)c2)[C@H]1c1ccc(Cl)cc1. The molecule has 3 nitrogen and oxygen atoms in total. The molecule has 1 amide bonds. The Bertz CT molecular complexity index is 746. The quantitative estimate of drug-likeness (QED) is 0.724. The number of ether oxygens (including phenoxy) is 1. The van der Waals surface area contributed by atoms with Gasteiger partial charge < -0.3 is 9.64 Å². The summed E-state index contributed by atoms with van der Waals surface area (Å²) in [5.41, 5.74) is 1.97. The first-order valence-electron chi connectivity index (χ1n) is 8.37. The van der Waals surface area contributed by atoms with Crippen LogP contribution in [-0.4, -0.2) is 24.0 Å². The van der Waals surface area contributed by atoms with E-state index in [1.807, 2.05) is 53.4 Å². The van der Waals surface area contributed by atoms with Gasteiger partial charge in [-0.2, -0.15) is 0 Å². The number of benzene rings is 2. The molecule has 1 heterocycles. The lowest BCUT2D eigenvalue weighted by Gasteiger charge is -2.42. The van der Waals surface area contributed by atoms with Crippen molar-refractivity contribution in [1.82, 2.24) is 4.90 Å². The maximum atomic E-state index is 12.6. The van der Waals surface area contributed by atoms with Crippen LogP contribution < -0.4 is 0 Å². The first-order chi connectivity index (χ1) is 12.0. The van der Waals surface area contributed by atoms with Crippen LogP contribution in [0.25, 0.3) is 0 Å². The van der Waals surface area contributed by atoms with Crippen molar-refractivity contribution in [3.8, 4) is 0 Å². The number of morpholine rings is 1. The fourth-order valence-corrected chi connectivity index (χ4v) is 3.56. The van der Waals surface area contributed by atoms with Gasteiger partial charge in [0.2, 0.25) is 5.91 Å². The third kappa shape index (κ3) is 4.17. The summed E-state index contributed by atoms with van der Waals surface area (Å²) in [6.07, 6.45) is -0.267. The highest BCUT2D eigenvalue weighted by Gasteiger charge is 2.38. The van der Waals surface area contributed by atoms with Crippen LogP contribution in [0.4, 0.5) is 0 Å². The van der Waals surface area contributed by atoms with Crippen LogP contribution in [0.1, 0.15) is 37.1 Å². The number of hydrogen-bond acceptors (Lipinski definition) is 2. The van der Waals surface area contributed by atoms with Crippen molar-refractivity contribution in [2.75, 3.05) is 13.2 Å². The number of carbonyl (C=O) groups is 1. The Kier molecular flexibility index (Phi) is 5.67. The van der Waals surface area contributed by atoms with Gasteiger partial charge in [-0.3, -0.25) is 4.79 Å². The number of carbonyl (C=O) groups excluding carboxylic acids is 1. The van der Waals surface area contributed by atoms with Crippen LogP contribution in [-0.2, 0) is 9.53 Å². The van der Waals surface area contributed by atoms with Gasteiger partial charge in [-0.15, -0.1) is 0 Å². The molecule has 0 aromatic heterocycles. The summed E-state index contributed by atoms with van der Waals surface area (Å²) < 4.78 is 5.96. The molecule has 0 aliphatic carbocycles. The molecule has 0 unspecified atom stereocenters. The molecule has 5 heteroatoms. The summed E-state index contributed by atoms with van der Waals surface area (Å²) in [5.74, 6) is 0.365. The van der Waals surface area contributed by atoms with E-state index in [0.717, 1.165) is 11.1 Å². The van der Waals surface area contributed by atoms with Crippen molar-refractivity contribution in [3.05, 3.63) is 69.7 Å². The lowest BCUT2D eigenvalue weighted by atomic mass is 9.92. The maximum absolute atomic E-state index is 12.6. The van der Waals surface area contributed by atoms with Crippen molar-refractivity contribution in [2.24, 2.45) is 5.92 Å². The molecular weight excluding hydrogens is 357 g/mol. The third-order valence-electron chi connectivity index (χ3n) is 4.28. The molecule has 2 aromatic carbocycles. The zero-order valence-electron chi connectivity index (χ0n) is 14.3. The molecule has 1 saturated heterocycles. The highest BCUT2D eigenvalue weighted by molar-refractivity contribution is 6.30. The Morgan fingerprint density at radius 1 is 1.08 bits per heavy atom. The van der Waals surface area contributed by atoms with E-state index in [9.17, 15) is 4.79 Å². The van der Waals surface area contributed by atoms with Crippen molar-refractivity contribution >= 4 is 29.1 Å². The summed E-state index contributed by atoms with van der Waals surface area (Å²) in [7, 11) is 0.